The summed E-state index contributed by atoms with van der Waals surface area (Å²) < 4.78 is 0. The highest BCUT2D eigenvalue weighted by atomic mass is 35.5. The molecule has 0 radical (unpaired) electrons. The number of hydrogen-bond donors (Lipinski definition) is 2. The number of halogens is 1. The van der Waals surface area contributed by atoms with Crippen LogP contribution in [0.5, 0.6) is 5.75 Å². The van der Waals surface area contributed by atoms with Crippen molar-refractivity contribution >= 4 is 23.1 Å². The van der Waals surface area contributed by atoms with Gasteiger partial charge in [-0.25, -0.2) is 0 Å². The zero-order chi connectivity index (χ0) is 12.4. The Morgan fingerprint density at radius 2 is 1.82 bits per heavy atom. The molecule has 0 aliphatic rings. The summed E-state index contributed by atoms with van der Waals surface area (Å²) >= 11 is 5.94. The van der Waals surface area contributed by atoms with E-state index in [1.54, 1.807) is 30.3 Å². The lowest BCUT2D eigenvalue weighted by Crippen LogP contribution is -2.06. The van der Waals surface area contributed by atoms with Crippen molar-refractivity contribution < 1.29 is 9.90 Å². The van der Waals surface area contributed by atoms with Crippen molar-refractivity contribution in [2.75, 3.05) is 5.73 Å². The number of carbonyl (C=O) groups is 1. The fourth-order valence-corrected chi connectivity index (χ4v) is 1.85. The molecule has 3 N–H and O–H groups in total. The molecule has 2 aromatic carbocycles. The largest absolute Gasteiger partial charge is 0.507 e. The van der Waals surface area contributed by atoms with Gasteiger partial charge in [0.1, 0.15) is 5.75 Å². The lowest BCUT2D eigenvalue weighted by Gasteiger charge is -2.08. The van der Waals surface area contributed by atoms with E-state index in [2.05, 4.69) is 0 Å². The first kappa shape index (κ1) is 11.5. The molecular weight excluding hydrogens is 238 g/mol. The zero-order valence-corrected chi connectivity index (χ0v) is 9.61. The molecule has 0 spiro atoms. The number of phenolic OH excluding ortho intramolecular Hbond substituents is 1. The summed E-state index contributed by atoms with van der Waals surface area (Å²) in [6.07, 6.45) is 0. The predicted molar refractivity (Wildman–Crippen MR) is 67.4 cm³/mol. The topological polar surface area (TPSA) is 63.3 Å². The molecule has 0 aliphatic carbocycles. The second-order valence-electron chi connectivity index (χ2n) is 3.55. The standard InChI is InChI=1S/C13H10ClNO2/c14-9-5-3-6-10(15)12(9)13(17)8-4-1-2-7-11(8)16/h1-7,16H,15H2. The molecule has 0 fully saturated rings. The van der Waals surface area contributed by atoms with Crippen LogP contribution >= 0.6 is 11.6 Å². The maximum Gasteiger partial charge on any atom is 0.200 e. The molecule has 0 aromatic heterocycles. The first-order valence-electron chi connectivity index (χ1n) is 4.98. The molecule has 0 atom stereocenters. The Hall–Kier alpha value is -2.00. The van der Waals surface area contributed by atoms with Gasteiger partial charge >= 0.3 is 0 Å². The van der Waals surface area contributed by atoms with Crippen molar-refractivity contribution in [1.82, 2.24) is 0 Å². The predicted octanol–water partition coefficient (Wildman–Crippen LogP) is 2.86. The Labute approximate surface area is 103 Å². The lowest BCUT2D eigenvalue weighted by atomic mass is 10.0. The van der Waals surface area contributed by atoms with Gasteiger partial charge in [0, 0.05) is 5.69 Å². The Bertz CT molecular complexity index is 561. The normalized spacial score (nSPS) is 10.2. The van der Waals surface area contributed by atoms with Crippen LogP contribution in [0.2, 0.25) is 5.02 Å². The number of para-hydroxylation sites is 1. The van der Waals surface area contributed by atoms with E-state index in [1.807, 2.05) is 0 Å². The van der Waals surface area contributed by atoms with Crippen molar-refractivity contribution in [2.24, 2.45) is 0 Å². The monoisotopic (exact) mass is 247 g/mol. The molecule has 0 amide bonds. The van der Waals surface area contributed by atoms with Crippen LogP contribution in [-0.2, 0) is 0 Å². The lowest BCUT2D eigenvalue weighted by molar-refractivity contribution is 0.103. The molecule has 0 saturated carbocycles. The van der Waals surface area contributed by atoms with Gasteiger partial charge in [-0.2, -0.15) is 0 Å². The SMILES string of the molecule is Nc1cccc(Cl)c1C(=O)c1ccccc1O. The van der Waals surface area contributed by atoms with E-state index in [1.165, 1.54) is 12.1 Å². The third-order valence-electron chi connectivity index (χ3n) is 2.42. The van der Waals surface area contributed by atoms with Gasteiger partial charge in [0.25, 0.3) is 0 Å². The number of ketones is 1. The van der Waals surface area contributed by atoms with Crippen LogP contribution in [0.15, 0.2) is 42.5 Å². The van der Waals surface area contributed by atoms with Gasteiger partial charge in [-0.1, -0.05) is 29.8 Å². The fraction of sp³-hybridized carbons (Fsp3) is 0. The molecule has 86 valence electrons. The third kappa shape index (κ3) is 2.10. The van der Waals surface area contributed by atoms with Gasteiger partial charge in [0.2, 0.25) is 0 Å². The van der Waals surface area contributed by atoms with E-state index < -0.39 is 0 Å². The van der Waals surface area contributed by atoms with Crippen molar-refractivity contribution in [1.29, 1.82) is 0 Å². The minimum Gasteiger partial charge on any atom is -0.507 e. The number of carbonyl (C=O) groups excluding carboxylic acids is 1. The highest BCUT2D eigenvalue weighted by Crippen LogP contribution is 2.28. The van der Waals surface area contributed by atoms with Crippen LogP contribution < -0.4 is 5.73 Å². The Kier molecular flexibility index (Phi) is 3.02. The maximum absolute atomic E-state index is 12.2. The number of phenols is 1. The second kappa shape index (κ2) is 4.47. The van der Waals surface area contributed by atoms with E-state index in [-0.39, 0.29) is 27.7 Å². The molecular formula is C13H10ClNO2. The van der Waals surface area contributed by atoms with E-state index in [9.17, 15) is 9.90 Å². The average Bonchev–Trinajstić information content (AvgIpc) is 2.29. The number of rotatable bonds is 2. The molecule has 2 rings (SSSR count). The van der Waals surface area contributed by atoms with Gasteiger partial charge in [-0.3, -0.25) is 4.79 Å². The van der Waals surface area contributed by atoms with Gasteiger partial charge in [0.05, 0.1) is 16.1 Å². The minimum atomic E-state index is -0.383. The van der Waals surface area contributed by atoms with Crippen molar-refractivity contribution in [2.45, 2.75) is 0 Å². The molecule has 0 unspecified atom stereocenters. The fourth-order valence-electron chi connectivity index (χ4n) is 1.58. The van der Waals surface area contributed by atoms with Crippen LogP contribution in [0.4, 0.5) is 5.69 Å². The summed E-state index contributed by atoms with van der Waals surface area (Å²) in [6, 6.07) is 11.1. The summed E-state index contributed by atoms with van der Waals surface area (Å²) in [5.41, 5.74) is 6.43. The number of benzene rings is 2. The number of nitrogen functional groups attached to an aromatic ring is 1. The Balaban J connectivity index is 2.56. The summed E-state index contributed by atoms with van der Waals surface area (Å²) in [4.78, 5) is 12.2. The van der Waals surface area contributed by atoms with Gasteiger partial charge in [0.15, 0.2) is 5.78 Å². The zero-order valence-electron chi connectivity index (χ0n) is 8.85. The molecule has 2 aromatic rings. The molecule has 3 nitrogen and oxygen atoms in total. The van der Waals surface area contributed by atoms with Crippen LogP contribution in [0.1, 0.15) is 15.9 Å². The molecule has 0 saturated heterocycles. The number of anilines is 1. The van der Waals surface area contributed by atoms with E-state index in [0.717, 1.165) is 0 Å². The first-order valence-corrected chi connectivity index (χ1v) is 5.35. The van der Waals surface area contributed by atoms with Gasteiger partial charge in [-0.05, 0) is 24.3 Å². The molecule has 17 heavy (non-hydrogen) atoms. The molecule has 0 bridgehead atoms. The van der Waals surface area contributed by atoms with Crippen molar-refractivity contribution in [3.8, 4) is 5.75 Å². The van der Waals surface area contributed by atoms with Crippen molar-refractivity contribution in [3.63, 3.8) is 0 Å². The van der Waals surface area contributed by atoms with Crippen LogP contribution in [-0.4, -0.2) is 10.9 Å². The smallest absolute Gasteiger partial charge is 0.200 e. The van der Waals surface area contributed by atoms with Gasteiger partial charge in [-0.15, -0.1) is 0 Å². The summed E-state index contributed by atoms with van der Waals surface area (Å²) in [5.74, 6) is -0.469. The van der Waals surface area contributed by atoms with E-state index in [0.29, 0.717) is 5.69 Å². The number of aromatic hydroxyl groups is 1. The number of nitrogens with two attached hydrogens (primary N) is 1. The Morgan fingerprint density at radius 3 is 2.47 bits per heavy atom. The molecule has 0 heterocycles. The first-order chi connectivity index (χ1) is 8.11. The van der Waals surface area contributed by atoms with E-state index >= 15 is 0 Å². The molecule has 4 heteroatoms. The number of hydrogen-bond acceptors (Lipinski definition) is 3. The highest BCUT2D eigenvalue weighted by Gasteiger charge is 2.18. The van der Waals surface area contributed by atoms with Crippen LogP contribution in [0.25, 0.3) is 0 Å². The second-order valence-corrected chi connectivity index (χ2v) is 3.96. The summed E-state index contributed by atoms with van der Waals surface area (Å²) in [6.45, 7) is 0. The highest BCUT2D eigenvalue weighted by molar-refractivity contribution is 6.36. The summed E-state index contributed by atoms with van der Waals surface area (Å²) in [7, 11) is 0. The maximum atomic E-state index is 12.2. The minimum absolute atomic E-state index is 0.0863. The van der Waals surface area contributed by atoms with Crippen molar-refractivity contribution in [3.05, 3.63) is 58.6 Å². The van der Waals surface area contributed by atoms with Crippen LogP contribution in [0.3, 0.4) is 0 Å². The quantitative estimate of drug-likeness (QED) is 0.634. The van der Waals surface area contributed by atoms with Crippen LogP contribution in [0, 0.1) is 0 Å². The van der Waals surface area contributed by atoms with Gasteiger partial charge < -0.3 is 10.8 Å². The van der Waals surface area contributed by atoms with E-state index in [4.69, 9.17) is 17.3 Å². The molecule has 0 aliphatic heterocycles. The Morgan fingerprint density at radius 1 is 1.12 bits per heavy atom. The average molecular weight is 248 g/mol. The summed E-state index contributed by atoms with van der Waals surface area (Å²) in [5, 5.41) is 9.90. The third-order valence-corrected chi connectivity index (χ3v) is 2.74.